The smallest absolute Gasteiger partial charge is 0.316 e. The Morgan fingerprint density at radius 3 is 1.53 bits per heavy atom. The molecule has 1 unspecified atom stereocenters. The van der Waals surface area contributed by atoms with Gasteiger partial charge in [-0.15, -0.1) is 0 Å². The molecule has 2 amide bonds. The van der Waals surface area contributed by atoms with Crippen LogP contribution in [0.25, 0.3) is 0 Å². The minimum atomic E-state index is -1.12. The number of amides is 2. The number of hydrogen-bond acceptors (Lipinski definition) is 4. The first kappa shape index (κ1) is 32.8. The van der Waals surface area contributed by atoms with Crippen molar-refractivity contribution >= 4 is 29.5 Å². The number of carboxylic acid groups (broad SMARTS) is 1. The van der Waals surface area contributed by atoms with E-state index in [1.54, 1.807) is 0 Å². The third-order valence-electron chi connectivity index (χ3n) is 6.73. The Hall–Kier alpha value is -1.24. The molecule has 2 atom stereocenters. The number of aliphatic carboxylic acids is 1. The highest BCUT2D eigenvalue weighted by Crippen LogP contribution is 2.26. The van der Waals surface area contributed by atoms with E-state index >= 15 is 0 Å². The minimum absolute atomic E-state index is 0.305. The van der Waals surface area contributed by atoms with Crippen LogP contribution < -0.4 is 10.6 Å². The molecule has 0 aliphatic heterocycles. The van der Waals surface area contributed by atoms with Crippen molar-refractivity contribution in [3.63, 3.8) is 0 Å². The molecule has 0 aromatic heterocycles. The first-order chi connectivity index (χ1) is 16.2. The molecule has 0 bridgehead atoms. The van der Waals surface area contributed by atoms with Crippen molar-refractivity contribution in [3.8, 4) is 0 Å². The van der Waals surface area contributed by atoms with E-state index in [2.05, 4.69) is 17.6 Å². The predicted octanol–water partition coefficient (Wildman–Crippen LogP) is 6.32. The summed E-state index contributed by atoms with van der Waals surface area (Å²) in [5.74, 6) is -3.13. The van der Waals surface area contributed by atoms with Gasteiger partial charge in [-0.2, -0.15) is 11.8 Å². The van der Waals surface area contributed by atoms with Crippen LogP contribution in [0.2, 0.25) is 0 Å². The molecule has 0 aromatic rings. The Balaban J connectivity index is 4.07. The van der Waals surface area contributed by atoms with Gasteiger partial charge in [-0.25, -0.2) is 0 Å². The van der Waals surface area contributed by atoms with E-state index < -0.39 is 28.6 Å². The Morgan fingerprint density at radius 1 is 0.765 bits per heavy atom. The molecule has 0 saturated heterocycles. The van der Waals surface area contributed by atoms with Crippen LogP contribution in [-0.2, 0) is 14.4 Å². The summed E-state index contributed by atoms with van der Waals surface area (Å²) in [7, 11) is 1.52. The standard InChI is InChI=1S/C27H52N2O4S/c1-6-7-8-9-10-11-12-13-14-15-16-17-18-19-20-21-22(26(32)33)24(30)29-23(25(31)28-4)27(2,3)34-5/h22-23H,6-21H2,1-5H3,(H,28,31)(H,29,30)(H,32,33)/t22?,23-/m0/s1. The van der Waals surface area contributed by atoms with E-state index in [0.717, 1.165) is 12.8 Å². The van der Waals surface area contributed by atoms with Gasteiger partial charge < -0.3 is 15.7 Å². The molecule has 6 nitrogen and oxygen atoms in total. The number of hydrogen-bond donors (Lipinski definition) is 3. The van der Waals surface area contributed by atoms with Crippen LogP contribution in [0.15, 0.2) is 0 Å². The molecule has 0 rings (SSSR count). The zero-order chi connectivity index (χ0) is 25.8. The average Bonchev–Trinajstić information content (AvgIpc) is 2.81. The van der Waals surface area contributed by atoms with Crippen LogP contribution in [0.4, 0.5) is 0 Å². The van der Waals surface area contributed by atoms with Crippen molar-refractivity contribution in [2.75, 3.05) is 13.3 Å². The first-order valence-corrected chi connectivity index (χ1v) is 14.7. The van der Waals surface area contributed by atoms with E-state index in [9.17, 15) is 19.5 Å². The SMILES string of the molecule is CCCCCCCCCCCCCCCCCC(C(=O)O)C(=O)N[C@@H](C(=O)NC)C(C)(C)SC. The van der Waals surface area contributed by atoms with Crippen molar-refractivity contribution in [3.05, 3.63) is 0 Å². The Morgan fingerprint density at radius 2 is 1.18 bits per heavy atom. The second-order valence-electron chi connectivity index (χ2n) is 9.99. The van der Waals surface area contributed by atoms with E-state index in [0.29, 0.717) is 12.8 Å². The topological polar surface area (TPSA) is 95.5 Å². The number of carbonyl (C=O) groups is 3. The molecule has 0 fully saturated rings. The Labute approximate surface area is 213 Å². The lowest BCUT2D eigenvalue weighted by Gasteiger charge is -2.32. The maximum Gasteiger partial charge on any atom is 0.316 e. The highest BCUT2D eigenvalue weighted by Gasteiger charge is 2.38. The lowest BCUT2D eigenvalue weighted by atomic mass is 9.96. The van der Waals surface area contributed by atoms with Crippen LogP contribution in [0.5, 0.6) is 0 Å². The van der Waals surface area contributed by atoms with Crippen LogP contribution in [0.1, 0.15) is 124 Å². The molecule has 0 saturated carbocycles. The third kappa shape index (κ3) is 14.9. The van der Waals surface area contributed by atoms with E-state index in [1.807, 2.05) is 20.1 Å². The van der Waals surface area contributed by atoms with Crippen molar-refractivity contribution in [1.82, 2.24) is 10.6 Å². The molecular weight excluding hydrogens is 448 g/mol. The van der Waals surface area contributed by atoms with Crippen molar-refractivity contribution in [2.24, 2.45) is 5.92 Å². The number of nitrogens with one attached hydrogen (secondary N) is 2. The fourth-order valence-electron chi connectivity index (χ4n) is 4.15. The first-order valence-electron chi connectivity index (χ1n) is 13.5. The summed E-state index contributed by atoms with van der Waals surface area (Å²) in [6.07, 6.45) is 20.8. The van der Waals surface area contributed by atoms with Gasteiger partial charge in [0.1, 0.15) is 12.0 Å². The van der Waals surface area contributed by atoms with E-state index in [1.165, 1.54) is 95.9 Å². The largest absolute Gasteiger partial charge is 0.481 e. The van der Waals surface area contributed by atoms with Gasteiger partial charge in [0.25, 0.3) is 0 Å². The zero-order valence-corrected chi connectivity index (χ0v) is 23.4. The minimum Gasteiger partial charge on any atom is -0.481 e. The van der Waals surface area contributed by atoms with Gasteiger partial charge in [0.15, 0.2) is 0 Å². The highest BCUT2D eigenvalue weighted by molar-refractivity contribution is 8.00. The van der Waals surface area contributed by atoms with Crippen molar-refractivity contribution < 1.29 is 19.5 Å². The van der Waals surface area contributed by atoms with E-state index in [-0.39, 0.29) is 5.91 Å². The van der Waals surface area contributed by atoms with E-state index in [4.69, 9.17) is 0 Å². The monoisotopic (exact) mass is 500 g/mol. The summed E-state index contributed by atoms with van der Waals surface area (Å²) in [4.78, 5) is 36.6. The van der Waals surface area contributed by atoms with Gasteiger partial charge in [0, 0.05) is 11.8 Å². The molecule has 0 spiro atoms. The highest BCUT2D eigenvalue weighted by atomic mass is 32.2. The quantitative estimate of drug-likeness (QED) is 0.119. The Kier molecular flexibility index (Phi) is 19.3. The van der Waals surface area contributed by atoms with Gasteiger partial charge in [-0.3, -0.25) is 14.4 Å². The van der Waals surface area contributed by atoms with Gasteiger partial charge in [-0.05, 0) is 26.5 Å². The summed E-state index contributed by atoms with van der Waals surface area (Å²) in [5, 5.41) is 14.8. The average molecular weight is 501 g/mol. The second kappa shape index (κ2) is 20.0. The van der Waals surface area contributed by atoms with Crippen LogP contribution in [0, 0.1) is 5.92 Å². The molecule has 0 aliphatic rings. The lowest BCUT2D eigenvalue weighted by Crippen LogP contribution is -2.57. The van der Waals surface area contributed by atoms with Crippen molar-refractivity contribution in [1.29, 1.82) is 0 Å². The van der Waals surface area contributed by atoms with Crippen LogP contribution in [0.3, 0.4) is 0 Å². The summed E-state index contributed by atoms with van der Waals surface area (Å²) in [6.45, 7) is 5.98. The number of thioether (sulfide) groups is 1. The summed E-state index contributed by atoms with van der Waals surface area (Å²) >= 11 is 1.46. The molecule has 0 radical (unpaired) electrons. The third-order valence-corrected chi connectivity index (χ3v) is 8.02. The van der Waals surface area contributed by atoms with Crippen LogP contribution in [-0.4, -0.2) is 47.0 Å². The second-order valence-corrected chi connectivity index (χ2v) is 11.5. The van der Waals surface area contributed by atoms with Gasteiger partial charge in [-0.1, -0.05) is 103 Å². The number of likely N-dealkylation sites (N-methyl/N-ethyl adjacent to an activating group) is 1. The van der Waals surface area contributed by atoms with Crippen molar-refractivity contribution in [2.45, 2.75) is 134 Å². The Bertz CT molecular complexity index is 569. The number of carbonyl (C=O) groups excluding carboxylic acids is 2. The molecule has 200 valence electrons. The van der Waals surface area contributed by atoms with Gasteiger partial charge in [0.05, 0.1) is 0 Å². The number of carboxylic acids is 1. The molecule has 0 aromatic carbocycles. The maximum absolute atomic E-state index is 12.7. The summed E-state index contributed by atoms with van der Waals surface area (Å²) < 4.78 is -0.548. The van der Waals surface area contributed by atoms with Gasteiger partial charge >= 0.3 is 5.97 Å². The molecule has 7 heteroatoms. The number of unbranched alkanes of at least 4 members (excludes halogenated alkanes) is 14. The molecule has 0 aliphatic carbocycles. The maximum atomic E-state index is 12.7. The fourth-order valence-corrected chi connectivity index (χ4v) is 4.55. The fraction of sp³-hybridized carbons (Fsp3) is 0.889. The summed E-state index contributed by atoms with van der Waals surface area (Å²) in [6, 6.07) is -0.789. The molecule has 3 N–H and O–H groups in total. The van der Waals surface area contributed by atoms with Crippen LogP contribution >= 0.6 is 11.8 Å². The number of rotatable bonds is 22. The predicted molar refractivity (Wildman–Crippen MR) is 144 cm³/mol. The molecular formula is C27H52N2O4S. The normalized spacial score (nSPS) is 13.3. The lowest BCUT2D eigenvalue weighted by molar-refractivity contribution is -0.148. The molecule has 34 heavy (non-hydrogen) atoms. The summed E-state index contributed by atoms with van der Waals surface area (Å²) in [5.41, 5.74) is 0. The van der Waals surface area contributed by atoms with Gasteiger partial charge in [0.2, 0.25) is 11.8 Å². The molecule has 0 heterocycles. The zero-order valence-electron chi connectivity index (χ0n) is 22.5.